The van der Waals surface area contributed by atoms with Crippen LogP contribution in [0.3, 0.4) is 0 Å². The van der Waals surface area contributed by atoms with Gasteiger partial charge in [0.05, 0.1) is 5.69 Å². The van der Waals surface area contributed by atoms with Gasteiger partial charge in [-0.05, 0) is 30.5 Å². The number of nitrogens with zero attached hydrogens (tertiary/aromatic N) is 1. The van der Waals surface area contributed by atoms with Gasteiger partial charge in [0.25, 0.3) is 0 Å². The Bertz CT molecular complexity index is 877. The highest BCUT2D eigenvalue weighted by atomic mass is 32.1. The molecule has 3 nitrogen and oxygen atoms in total. The van der Waals surface area contributed by atoms with Gasteiger partial charge < -0.3 is 0 Å². The first-order chi connectivity index (χ1) is 12.1. The number of carbonyl (C=O) groups excluding carboxylic acids is 1. The molecule has 1 heterocycles. The highest BCUT2D eigenvalue weighted by Crippen LogP contribution is 2.25. The molecule has 0 bridgehead atoms. The Balaban J connectivity index is 1.64. The van der Waals surface area contributed by atoms with E-state index in [-0.39, 0.29) is 5.91 Å². The number of aryl methyl sites for hydroxylation is 2. The maximum Gasteiger partial charge on any atom is 0.250 e. The molecular formula is C21H20N2OS. The van der Waals surface area contributed by atoms with Gasteiger partial charge in [0.2, 0.25) is 5.91 Å². The van der Waals surface area contributed by atoms with Gasteiger partial charge in [0, 0.05) is 17.0 Å². The fourth-order valence-electron chi connectivity index (χ4n) is 2.37. The summed E-state index contributed by atoms with van der Waals surface area (Å²) >= 11 is 1.43. The monoisotopic (exact) mass is 348 g/mol. The quantitative estimate of drug-likeness (QED) is 0.633. The lowest BCUT2D eigenvalue weighted by atomic mass is 10.1. The molecule has 0 fully saturated rings. The first-order valence-electron chi connectivity index (χ1n) is 8.24. The van der Waals surface area contributed by atoms with E-state index in [1.165, 1.54) is 28.5 Å². The van der Waals surface area contributed by atoms with Crippen molar-refractivity contribution in [2.24, 2.45) is 0 Å². The fourth-order valence-corrected chi connectivity index (χ4v) is 3.09. The van der Waals surface area contributed by atoms with Crippen LogP contribution in [0, 0.1) is 6.92 Å². The first kappa shape index (κ1) is 17.1. The van der Waals surface area contributed by atoms with Crippen LogP contribution in [-0.4, -0.2) is 10.9 Å². The molecule has 1 amide bonds. The molecular weight excluding hydrogens is 328 g/mol. The van der Waals surface area contributed by atoms with Gasteiger partial charge in [-0.25, -0.2) is 4.98 Å². The van der Waals surface area contributed by atoms with Crippen LogP contribution in [0.25, 0.3) is 17.3 Å². The summed E-state index contributed by atoms with van der Waals surface area (Å²) in [5.41, 5.74) is 5.43. The average molecular weight is 348 g/mol. The van der Waals surface area contributed by atoms with Crippen LogP contribution in [0.1, 0.15) is 23.6 Å². The lowest BCUT2D eigenvalue weighted by molar-refractivity contribution is -0.111. The van der Waals surface area contributed by atoms with Gasteiger partial charge in [-0.1, -0.05) is 61.0 Å². The molecule has 0 atom stereocenters. The Labute approximate surface area is 152 Å². The van der Waals surface area contributed by atoms with Crippen LogP contribution in [0.2, 0.25) is 0 Å². The lowest BCUT2D eigenvalue weighted by Gasteiger charge is -1.99. The molecule has 25 heavy (non-hydrogen) atoms. The molecule has 0 radical (unpaired) electrons. The Hall–Kier alpha value is -2.72. The summed E-state index contributed by atoms with van der Waals surface area (Å²) in [5.74, 6) is -0.178. The van der Waals surface area contributed by atoms with Crippen LogP contribution < -0.4 is 5.32 Å². The highest BCUT2D eigenvalue weighted by Gasteiger charge is 2.06. The van der Waals surface area contributed by atoms with E-state index in [0.717, 1.165) is 23.2 Å². The second kappa shape index (κ2) is 7.90. The predicted octanol–water partition coefficient (Wildman–Crippen LogP) is 5.33. The summed E-state index contributed by atoms with van der Waals surface area (Å²) in [6, 6.07) is 16.4. The number of anilines is 1. The average Bonchev–Trinajstić information content (AvgIpc) is 3.10. The minimum atomic E-state index is -0.178. The summed E-state index contributed by atoms with van der Waals surface area (Å²) in [7, 11) is 0. The smallest absolute Gasteiger partial charge is 0.250 e. The van der Waals surface area contributed by atoms with E-state index in [1.807, 2.05) is 36.6 Å². The second-order valence-corrected chi connectivity index (χ2v) is 6.68. The Morgan fingerprint density at radius 1 is 1.12 bits per heavy atom. The number of amides is 1. The van der Waals surface area contributed by atoms with E-state index >= 15 is 0 Å². The second-order valence-electron chi connectivity index (χ2n) is 5.82. The molecule has 0 aliphatic heterocycles. The summed E-state index contributed by atoms with van der Waals surface area (Å²) in [6.45, 7) is 4.17. The zero-order valence-electron chi connectivity index (χ0n) is 14.3. The predicted molar refractivity (Wildman–Crippen MR) is 106 cm³/mol. The van der Waals surface area contributed by atoms with Crippen LogP contribution >= 0.6 is 11.3 Å². The number of thiazole rings is 1. The maximum atomic E-state index is 12.1. The van der Waals surface area contributed by atoms with Crippen LogP contribution in [0.5, 0.6) is 0 Å². The first-order valence-corrected chi connectivity index (χ1v) is 9.12. The van der Waals surface area contributed by atoms with Crippen molar-refractivity contribution in [3.8, 4) is 11.3 Å². The highest BCUT2D eigenvalue weighted by molar-refractivity contribution is 7.14. The number of nitrogens with one attached hydrogen (secondary N) is 1. The maximum absolute atomic E-state index is 12.1. The molecule has 0 unspecified atom stereocenters. The van der Waals surface area contributed by atoms with Crippen molar-refractivity contribution in [3.05, 3.63) is 76.7 Å². The summed E-state index contributed by atoms with van der Waals surface area (Å²) in [4.78, 5) is 16.5. The summed E-state index contributed by atoms with van der Waals surface area (Å²) in [6.07, 6.45) is 4.35. The molecule has 0 saturated carbocycles. The van der Waals surface area contributed by atoms with Crippen molar-refractivity contribution >= 4 is 28.5 Å². The molecule has 4 heteroatoms. The SMILES string of the molecule is CCc1ccc(-c2csc(NC(=O)C=Cc3ccc(C)cc3)n2)cc1. The van der Waals surface area contributed by atoms with Crippen molar-refractivity contribution in [3.63, 3.8) is 0 Å². The van der Waals surface area contributed by atoms with Gasteiger partial charge in [-0.3, -0.25) is 10.1 Å². The minimum Gasteiger partial charge on any atom is -0.298 e. The molecule has 126 valence electrons. The molecule has 0 spiro atoms. The Kier molecular flexibility index (Phi) is 5.41. The van der Waals surface area contributed by atoms with Crippen molar-refractivity contribution < 1.29 is 4.79 Å². The molecule has 2 aromatic carbocycles. The summed E-state index contributed by atoms with van der Waals surface area (Å²) < 4.78 is 0. The molecule has 0 aliphatic carbocycles. The van der Waals surface area contributed by atoms with Crippen molar-refractivity contribution in [1.82, 2.24) is 4.98 Å². The van der Waals surface area contributed by atoms with E-state index in [2.05, 4.69) is 41.5 Å². The van der Waals surface area contributed by atoms with Crippen LogP contribution in [0.15, 0.2) is 60.0 Å². The van der Waals surface area contributed by atoms with E-state index in [1.54, 1.807) is 6.08 Å². The van der Waals surface area contributed by atoms with Crippen molar-refractivity contribution in [2.75, 3.05) is 5.32 Å². The van der Waals surface area contributed by atoms with Gasteiger partial charge in [0.1, 0.15) is 0 Å². The van der Waals surface area contributed by atoms with E-state index in [4.69, 9.17) is 0 Å². The molecule has 0 saturated heterocycles. The zero-order chi connectivity index (χ0) is 17.6. The van der Waals surface area contributed by atoms with Gasteiger partial charge in [-0.15, -0.1) is 11.3 Å². The molecule has 0 aliphatic rings. The molecule has 1 N–H and O–H groups in total. The van der Waals surface area contributed by atoms with Crippen LogP contribution in [-0.2, 0) is 11.2 Å². The van der Waals surface area contributed by atoms with Crippen molar-refractivity contribution in [2.45, 2.75) is 20.3 Å². The number of aromatic nitrogens is 1. The largest absolute Gasteiger partial charge is 0.298 e. The topological polar surface area (TPSA) is 42.0 Å². The normalized spacial score (nSPS) is 11.0. The lowest BCUT2D eigenvalue weighted by Crippen LogP contribution is -2.07. The molecule has 1 aromatic heterocycles. The Morgan fingerprint density at radius 2 is 1.84 bits per heavy atom. The van der Waals surface area contributed by atoms with E-state index in [0.29, 0.717) is 5.13 Å². The van der Waals surface area contributed by atoms with Gasteiger partial charge >= 0.3 is 0 Å². The van der Waals surface area contributed by atoms with Gasteiger partial charge in [0.15, 0.2) is 5.13 Å². The number of benzene rings is 2. The minimum absolute atomic E-state index is 0.178. The number of rotatable bonds is 5. The van der Waals surface area contributed by atoms with Gasteiger partial charge in [-0.2, -0.15) is 0 Å². The number of carbonyl (C=O) groups is 1. The number of hydrogen-bond donors (Lipinski definition) is 1. The third-order valence-corrected chi connectivity index (χ3v) is 4.65. The fraction of sp³-hybridized carbons (Fsp3) is 0.143. The van der Waals surface area contributed by atoms with Crippen LogP contribution in [0.4, 0.5) is 5.13 Å². The Morgan fingerprint density at radius 3 is 2.52 bits per heavy atom. The molecule has 3 rings (SSSR count). The zero-order valence-corrected chi connectivity index (χ0v) is 15.1. The molecule has 3 aromatic rings. The standard InChI is InChI=1S/C21H20N2OS/c1-3-16-8-11-18(12-9-16)19-14-25-21(22-19)23-20(24)13-10-17-6-4-15(2)5-7-17/h4-14H,3H2,1-2H3,(H,22,23,24). The van der Waals surface area contributed by atoms with E-state index in [9.17, 15) is 4.79 Å². The summed E-state index contributed by atoms with van der Waals surface area (Å²) in [5, 5.41) is 5.38. The van der Waals surface area contributed by atoms with E-state index < -0.39 is 0 Å². The third-order valence-electron chi connectivity index (χ3n) is 3.90. The third kappa shape index (κ3) is 4.64. The number of hydrogen-bond acceptors (Lipinski definition) is 3. The van der Waals surface area contributed by atoms with Crippen molar-refractivity contribution in [1.29, 1.82) is 0 Å².